The molecule has 0 fully saturated rings. The van der Waals surface area contributed by atoms with Crippen molar-refractivity contribution in [3.05, 3.63) is 30.0 Å². The van der Waals surface area contributed by atoms with E-state index in [4.69, 9.17) is 4.74 Å². The monoisotopic (exact) mass is 288 g/mol. The molecule has 0 saturated heterocycles. The van der Waals surface area contributed by atoms with Crippen molar-refractivity contribution in [3.8, 4) is 5.75 Å². The van der Waals surface area contributed by atoms with Gasteiger partial charge in [-0.05, 0) is 30.5 Å². The molecule has 0 saturated carbocycles. The molecule has 1 aromatic carbocycles. The Labute approximate surface area is 126 Å². The molecule has 1 atom stereocenters. The number of fused-ring (bicyclic) bond motifs is 1. The van der Waals surface area contributed by atoms with E-state index in [0.29, 0.717) is 5.69 Å². The van der Waals surface area contributed by atoms with Crippen molar-refractivity contribution in [1.29, 1.82) is 0 Å². The topological polar surface area (TPSA) is 45.3 Å². The van der Waals surface area contributed by atoms with Gasteiger partial charge in [-0.3, -0.25) is 4.79 Å². The van der Waals surface area contributed by atoms with Crippen molar-refractivity contribution in [2.45, 2.75) is 33.7 Å². The van der Waals surface area contributed by atoms with Crippen LogP contribution in [0, 0.1) is 5.41 Å². The summed E-state index contributed by atoms with van der Waals surface area (Å²) in [5.41, 5.74) is 1.56. The Morgan fingerprint density at radius 1 is 1.29 bits per heavy atom. The zero-order chi connectivity index (χ0) is 15.8. The van der Waals surface area contributed by atoms with Crippen LogP contribution in [-0.4, -0.2) is 36.0 Å². The standard InChI is InChI=1S/C17H24N2O2/c1-11(17(2,3)4)19(5)16(20)15-9-12-7-8-13(21-6)10-14(12)18-15/h7-11,18H,1-6H3. The average Bonchev–Trinajstić information content (AvgIpc) is 2.86. The second kappa shape index (κ2) is 5.43. The van der Waals surface area contributed by atoms with Crippen LogP contribution in [0.25, 0.3) is 10.9 Å². The number of nitrogens with one attached hydrogen (secondary N) is 1. The van der Waals surface area contributed by atoms with Crippen LogP contribution in [0.15, 0.2) is 24.3 Å². The molecule has 2 rings (SSSR count). The van der Waals surface area contributed by atoms with Crippen molar-refractivity contribution in [2.24, 2.45) is 5.41 Å². The second-order valence-electron chi connectivity index (χ2n) is 6.59. The summed E-state index contributed by atoms with van der Waals surface area (Å²) in [5.74, 6) is 0.785. The van der Waals surface area contributed by atoms with E-state index >= 15 is 0 Å². The van der Waals surface area contributed by atoms with Gasteiger partial charge < -0.3 is 14.6 Å². The van der Waals surface area contributed by atoms with Gasteiger partial charge >= 0.3 is 0 Å². The van der Waals surface area contributed by atoms with Gasteiger partial charge in [0.1, 0.15) is 11.4 Å². The fraction of sp³-hybridized carbons (Fsp3) is 0.471. The van der Waals surface area contributed by atoms with Crippen LogP contribution in [0.1, 0.15) is 38.2 Å². The van der Waals surface area contributed by atoms with Crippen LogP contribution >= 0.6 is 0 Å². The zero-order valence-corrected chi connectivity index (χ0v) is 13.7. The van der Waals surface area contributed by atoms with E-state index in [9.17, 15) is 4.79 Å². The fourth-order valence-corrected chi connectivity index (χ4v) is 2.30. The number of hydrogen-bond donors (Lipinski definition) is 1. The zero-order valence-electron chi connectivity index (χ0n) is 13.7. The van der Waals surface area contributed by atoms with E-state index in [0.717, 1.165) is 16.7 Å². The third-order valence-corrected chi connectivity index (χ3v) is 4.21. The molecule has 2 aromatic rings. The predicted molar refractivity (Wildman–Crippen MR) is 85.9 cm³/mol. The van der Waals surface area contributed by atoms with E-state index in [1.807, 2.05) is 31.3 Å². The van der Waals surface area contributed by atoms with Gasteiger partial charge in [0.05, 0.1) is 7.11 Å². The molecule has 1 aromatic heterocycles. The molecular formula is C17H24N2O2. The maximum absolute atomic E-state index is 12.6. The summed E-state index contributed by atoms with van der Waals surface area (Å²) in [4.78, 5) is 17.6. The number of benzene rings is 1. The number of methoxy groups -OCH3 is 1. The number of amides is 1. The molecule has 1 amide bonds. The van der Waals surface area contributed by atoms with E-state index in [1.165, 1.54) is 0 Å². The molecule has 0 radical (unpaired) electrons. The lowest BCUT2D eigenvalue weighted by atomic mass is 9.87. The number of rotatable bonds is 3. The molecule has 0 aliphatic carbocycles. The molecule has 4 heteroatoms. The van der Waals surface area contributed by atoms with E-state index in [2.05, 4.69) is 32.7 Å². The molecule has 1 heterocycles. The van der Waals surface area contributed by atoms with Crippen molar-refractivity contribution in [2.75, 3.05) is 14.2 Å². The number of hydrogen-bond acceptors (Lipinski definition) is 2. The number of nitrogens with zero attached hydrogens (tertiary/aromatic N) is 1. The van der Waals surface area contributed by atoms with E-state index in [1.54, 1.807) is 12.0 Å². The number of aromatic nitrogens is 1. The molecule has 114 valence electrons. The van der Waals surface area contributed by atoms with Crippen molar-refractivity contribution in [1.82, 2.24) is 9.88 Å². The molecule has 21 heavy (non-hydrogen) atoms. The van der Waals surface area contributed by atoms with Crippen LogP contribution in [0.3, 0.4) is 0 Å². The molecule has 0 spiro atoms. The first-order valence-electron chi connectivity index (χ1n) is 7.18. The maximum Gasteiger partial charge on any atom is 0.270 e. The Morgan fingerprint density at radius 3 is 2.52 bits per heavy atom. The Morgan fingerprint density at radius 2 is 1.95 bits per heavy atom. The van der Waals surface area contributed by atoms with Crippen molar-refractivity contribution in [3.63, 3.8) is 0 Å². The van der Waals surface area contributed by atoms with E-state index < -0.39 is 0 Å². The lowest BCUT2D eigenvalue weighted by Gasteiger charge is -2.35. The van der Waals surface area contributed by atoms with Gasteiger partial charge in [0.2, 0.25) is 0 Å². The minimum atomic E-state index is 0.00703. The first kappa shape index (κ1) is 15.4. The summed E-state index contributed by atoms with van der Waals surface area (Å²) in [7, 11) is 3.49. The smallest absolute Gasteiger partial charge is 0.270 e. The fourth-order valence-electron chi connectivity index (χ4n) is 2.30. The number of carbonyl (C=O) groups is 1. The number of H-pyrrole nitrogens is 1. The highest BCUT2D eigenvalue weighted by Crippen LogP contribution is 2.26. The highest BCUT2D eigenvalue weighted by Gasteiger charge is 2.28. The Balaban J connectivity index is 2.31. The minimum Gasteiger partial charge on any atom is -0.497 e. The molecule has 0 aliphatic heterocycles. The molecule has 4 nitrogen and oxygen atoms in total. The quantitative estimate of drug-likeness (QED) is 0.936. The van der Waals surface area contributed by atoms with Gasteiger partial charge in [-0.2, -0.15) is 0 Å². The summed E-state index contributed by atoms with van der Waals surface area (Å²) in [5, 5.41) is 1.01. The number of aromatic amines is 1. The largest absolute Gasteiger partial charge is 0.497 e. The van der Waals surface area contributed by atoms with Gasteiger partial charge in [-0.15, -0.1) is 0 Å². The first-order valence-corrected chi connectivity index (χ1v) is 7.18. The average molecular weight is 288 g/mol. The van der Waals surface area contributed by atoms with Gasteiger partial charge in [0.15, 0.2) is 0 Å². The number of carbonyl (C=O) groups excluding carboxylic acids is 1. The number of ether oxygens (including phenoxy) is 1. The van der Waals surface area contributed by atoms with E-state index in [-0.39, 0.29) is 17.4 Å². The predicted octanol–water partition coefficient (Wildman–Crippen LogP) is 3.68. The lowest BCUT2D eigenvalue weighted by molar-refractivity contribution is 0.0624. The van der Waals surface area contributed by atoms with Gasteiger partial charge in [0, 0.05) is 30.1 Å². The minimum absolute atomic E-state index is 0.00703. The summed E-state index contributed by atoms with van der Waals surface area (Å²) in [6.07, 6.45) is 0. The van der Waals surface area contributed by atoms with Gasteiger partial charge in [-0.1, -0.05) is 20.8 Å². The van der Waals surface area contributed by atoms with Crippen molar-refractivity contribution >= 4 is 16.8 Å². The molecular weight excluding hydrogens is 264 g/mol. The molecule has 1 unspecified atom stereocenters. The Kier molecular flexibility index (Phi) is 3.99. The molecule has 1 N–H and O–H groups in total. The van der Waals surface area contributed by atoms with Crippen LogP contribution < -0.4 is 4.74 Å². The van der Waals surface area contributed by atoms with Crippen LogP contribution in [0.5, 0.6) is 5.75 Å². The Hall–Kier alpha value is -1.97. The summed E-state index contributed by atoms with van der Waals surface area (Å²) < 4.78 is 5.21. The summed E-state index contributed by atoms with van der Waals surface area (Å²) >= 11 is 0. The van der Waals surface area contributed by atoms with Gasteiger partial charge in [-0.25, -0.2) is 0 Å². The van der Waals surface area contributed by atoms with Crippen LogP contribution in [0.4, 0.5) is 0 Å². The lowest BCUT2D eigenvalue weighted by Crippen LogP contribution is -2.43. The molecule has 0 aliphatic rings. The Bertz CT molecular complexity index is 652. The van der Waals surface area contributed by atoms with Crippen LogP contribution in [-0.2, 0) is 0 Å². The maximum atomic E-state index is 12.6. The second-order valence-corrected chi connectivity index (χ2v) is 6.59. The highest BCUT2D eigenvalue weighted by atomic mass is 16.5. The SMILES string of the molecule is COc1ccc2cc(C(=O)N(C)C(C)C(C)(C)C)[nH]c2c1. The molecule has 0 bridgehead atoms. The van der Waals surface area contributed by atoms with Gasteiger partial charge in [0.25, 0.3) is 5.91 Å². The summed E-state index contributed by atoms with van der Waals surface area (Å²) in [6.45, 7) is 8.48. The summed E-state index contributed by atoms with van der Waals surface area (Å²) in [6, 6.07) is 7.79. The van der Waals surface area contributed by atoms with Crippen molar-refractivity contribution < 1.29 is 9.53 Å². The third-order valence-electron chi connectivity index (χ3n) is 4.21. The highest BCUT2D eigenvalue weighted by molar-refractivity contribution is 5.98. The first-order chi connectivity index (χ1) is 9.74. The normalized spacial score (nSPS) is 13.2. The van der Waals surface area contributed by atoms with Crippen LogP contribution in [0.2, 0.25) is 0 Å². The third kappa shape index (κ3) is 3.04.